The average Bonchev–Trinajstić information content (AvgIpc) is 2.21. The number of nitrogens with two attached hydrogens (primary N) is 1. The summed E-state index contributed by atoms with van der Waals surface area (Å²) in [4.78, 5) is 0. The van der Waals surface area contributed by atoms with E-state index < -0.39 is 0 Å². The molecule has 11 heavy (non-hydrogen) atoms. The second kappa shape index (κ2) is 2.46. The average molecular weight is 155 g/mol. The maximum Gasteiger partial charge on any atom is 0.0476 e. The van der Waals surface area contributed by atoms with Crippen LogP contribution in [0.3, 0.4) is 0 Å². The quantitative estimate of drug-likeness (QED) is 0.590. The van der Waals surface area contributed by atoms with Crippen LogP contribution in [0.15, 0.2) is 0 Å². The molecular weight excluding hydrogens is 138 g/mol. The Morgan fingerprint density at radius 2 is 2.36 bits per heavy atom. The molecular formula is C9H17NO. The molecule has 0 radical (unpaired) electrons. The second-order valence-electron chi connectivity index (χ2n) is 4.31. The molecule has 2 fully saturated rings. The van der Waals surface area contributed by atoms with E-state index in [9.17, 15) is 0 Å². The van der Waals surface area contributed by atoms with Crippen molar-refractivity contribution in [3.63, 3.8) is 0 Å². The zero-order valence-electron chi connectivity index (χ0n) is 6.92. The highest BCUT2D eigenvalue weighted by atomic mass is 16.3. The van der Waals surface area contributed by atoms with Crippen LogP contribution in [0.5, 0.6) is 0 Å². The van der Waals surface area contributed by atoms with Crippen LogP contribution in [0.2, 0.25) is 0 Å². The number of aliphatic hydroxyl groups is 1. The van der Waals surface area contributed by atoms with Crippen molar-refractivity contribution < 1.29 is 5.11 Å². The molecule has 2 aliphatic carbocycles. The van der Waals surface area contributed by atoms with Crippen LogP contribution < -0.4 is 5.73 Å². The van der Waals surface area contributed by atoms with Gasteiger partial charge in [0.1, 0.15) is 0 Å². The normalized spacial score (nSPS) is 49.6. The Morgan fingerprint density at radius 1 is 1.55 bits per heavy atom. The van der Waals surface area contributed by atoms with Crippen LogP contribution in [-0.4, -0.2) is 17.3 Å². The fourth-order valence-corrected chi connectivity index (χ4v) is 2.93. The van der Waals surface area contributed by atoms with Crippen molar-refractivity contribution in [2.45, 2.75) is 37.6 Å². The van der Waals surface area contributed by atoms with Gasteiger partial charge in [0.2, 0.25) is 0 Å². The molecule has 2 saturated carbocycles. The lowest BCUT2D eigenvalue weighted by Crippen LogP contribution is -2.45. The molecule has 0 unspecified atom stereocenters. The summed E-state index contributed by atoms with van der Waals surface area (Å²) in [7, 11) is 0. The Kier molecular flexibility index (Phi) is 1.69. The van der Waals surface area contributed by atoms with Crippen LogP contribution in [0.1, 0.15) is 32.1 Å². The van der Waals surface area contributed by atoms with Crippen LogP contribution in [0, 0.1) is 11.8 Å². The molecule has 0 heterocycles. The molecule has 0 aromatic rings. The largest absolute Gasteiger partial charge is 0.396 e. The van der Waals surface area contributed by atoms with E-state index in [1.807, 2.05) is 0 Å². The van der Waals surface area contributed by atoms with Crippen LogP contribution >= 0.6 is 0 Å². The summed E-state index contributed by atoms with van der Waals surface area (Å²) in [6, 6.07) is 0. The van der Waals surface area contributed by atoms with Crippen molar-refractivity contribution in [2.75, 3.05) is 6.61 Å². The van der Waals surface area contributed by atoms with Gasteiger partial charge in [-0.1, -0.05) is 12.8 Å². The third kappa shape index (κ3) is 1.09. The third-order valence-electron chi connectivity index (χ3n) is 3.57. The Labute approximate surface area is 67.8 Å². The topological polar surface area (TPSA) is 46.2 Å². The molecule has 0 saturated heterocycles. The first-order valence-corrected chi connectivity index (χ1v) is 4.64. The third-order valence-corrected chi connectivity index (χ3v) is 3.57. The molecule has 0 aliphatic heterocycles. The number of fused-ring (bicyclic) bond motifs is 2. The molecule has 2 rings (SSSR count). The molecule has 2 bridgehead atoms. The van der Waals surface area contributed by atoms with Crippen molar-refractivity contribution in [1.82, 2.24) is 0 Å². The maximum atomic E-state index is 9.10. The van der Waals surface area contributed by atoms with Crippen molar-refractivity contribution in [1.29, 1.82) is 0 Å². The minimum absolute atomic E-state index is 0.0116. The molecule has 0 aromatic carbocycles. The Bertz CT molecular complexity index is 160. The van der Waals surface area contributed by atoms with E-state index in [-0.39, 0.29) is 5.54 Å². The molecule has 0 spiro atoms. The van der Waals surface area contributed by atoms with Gasteiger partial charge in [0, 0.05) is 18.1 Å². The lowest BCUT2D eigenvalue weighted by atomic mass is 9.80. The van der Waals surface area contributed by atoms with Gasteiger partial charge in [-0.2, -0.15) is 0 Å². The van der Waals surface area contributed by atoms with E-state index in [4.69, 9.17) is 10.8 Å². The zero-order valence-corrected chi connectivity index (χ0v) is 6.92. The predicted octanol–water partition coefficient (Wildman–Crippen LogP) is 0.886. The summed E-state index contributed by atoms with van der Waals surface area (Å²) in [6.45, 7) is 0.299. The Hall–Kier alpha value is -0.0800. The first kappa shape index (κ1) is 7.56. The highest BCUT2D eigenvalue weighted by molar-refractivity contribution is 5.02. The summed E-state index contributed by atoms with van der Waals surface area (Å²) < 4.78 is 0. The van der Waals surface area contributed by atoms with Crippen molar-refractivity contribution >= 4 is 0 Å². The van der Waals surface area contributed by atoms with Gasteiger partial charge < -0.3 is 10.8 Å². The van der Waals surface area contributed by atoms with Gasteiger partial charge in [-0.3, -0.25) is 0 Å². The van der Waals surface area contributed by atoms with E-state index in [1.54, 1.807) is 0 Å². The Balaban J connectivity index is 2.14. The summed E-state index contributed by atoms with van der Waals surface area (Å²) in [6.07, 6.45) is 6.09. The van der Waals surface area contributed by atoms with Crippen molar-refractivity contribution in [2.24, 2.45) is 17.6 Å². The first-order chi connectivity index (χ1) is 5.24. The van der Waals surface area contributed by atoms with Gasteiger partial charge in [-0.05, 0) is 25.2 Å². The van der Waals surface area contributed by atoms with Gasteiger partial charge in [0.05, 0.1) is 0 Å². The number of hydrogen-bond donors (Lipinski definition) is 2. The lowest BCUT2D eigenvalue weighted by molar-refractivity contribution is 0.166. The fraction of sp³-hybridized carbons (Fsp3) is 1.00. The van der Waals surface area contributed by atoms with E-state index in [0.717, 1.165) is 18.8 Å². The second-order valence-corrected chi connectivity index (χ2v) is 4.31. The van der Waals surface area contributed by atoms with E-state index in [1.165, 1.54) is 19.3 Å². The number of hydrogen-bond acceptors (Lipinski definition) is 2. The minimum Gasteiger partial charge on any atom is -0.396 e. The fourth-order valence-electron chi connectivity index (χ4n) is 2.93. The molecule has 0 aromatic heterocycles. The molecule has 0 amide bonds. The monoisotopic (exact) mass is 155 g/mol. The standard InChI is InChI=1S/C9H17NO/c10-9-3-1-2-7(5-9)4-8(9)6-11/h7-8,11H,1-6,10H2/t7-,8+,9+/m0/s1. The summed E-state index contributed by atoms with van der Waals surface area (Å²) in [5.74, 6) is 1.22. The summed E-state index contributed by atoms with van der Waals surface area (Å²) in [5, 5.41) is 9.10. The van der Waals surface area contributed by atoms with E-state index in [2.05, 4.69) is 0 Å². The number of aliphatic hydroxyl groups excluding tert-OH is 1. The molecule has 2 heteroatoms. The summed E-state index contributed by atoms with van der Waals surface area (Å²) in [5.41, 5.74) is 6.21. The molecule has 2 aliphatic rings. The van der Waals surface area contributed by atoms with Gasteiger partial charge in [-0.25, -0.2) is 0 Å². The van der Waals surface area contributed by atoms with Crippen molar-refractivity contribution in [3.8, 4) is 0 Å². The minimum atomic E-state index is 0.0116. The van der Waals surface area contributed by atoms with Crippen molar-refractivity contribution in [3.05, 3.63) is 0 Å². The highest BCUT2D eigenvalue weighted by Crippen LogP contribution is 2.46. The molecule has 3 N–H and O–H groups in total. The smallest absolute Gasteiger partial charge is 0.0476 e. The van der Waals surface area contributed by atoms with Crippen LogP contribution in [-0.2, 0) is 0 Å². The zero-order chi connectivity index (χ0) is 7.90. The summed E-state index contributed by atoms with van der Waals surface area (Å²) >= 11 is 0. The Morgan fingerprint density at radius 3 is 3.00 bits per heavy atom. The van der Waals surface area contributed by atoms with Gasteiger partial charge >= 0.3 is 0 Å². The molecule has 3 atom stereocenters. The predicted molar refractivity (Wildman–Crippen MR) is 44.1 cm³/mol. The van der Waals surface area contributed by atoms with E-state index in [0.29, 0.717) is 12.5 Å². The van der Waals surface area contributed by atoms with Crippen LogP contribution in [0.4, 0.5) is 0 Å². The molecule has 2 nitrogen and oxygen atoms in total. The molecule has 64 valence electrons. The highest BCUT2D eigenvalue weighted by Gasteiger charge is 2.45. The van der Waals surface area contributed by atoms with E-state index >= 15 is 0 Å². The first-order valence-electron chi connectivity index (χ1n) is 4.64. The number of rotatable bonds is 1. The lowest BCUT2D eigenvalue weighted by Gasteiger charge is -2.32. The van der Waals surface area contributed by atoms with Gasteiger partial charge in [0.15, 0.2) is 0 Å². The SMILES string of the molecule is N[C@@]12CCC[C@@H](C[C@@H]1CO)C2. The van der Waals surface area contributed by atoms with Gasteiger partial charge in [-0.15, -0.1) is 0 Å². The van der Waals surface area contributed by atoms with Crippen LogP contribution in [0.25, 0.3) is 0 Å². The van der Waals surface area contributed by atoms with Gasteiger partial charge in [0.25, 0.3) is 0 Å². The maximum absolute atomic E-state index is 9.10.